The summed E-state index contributed by atoms with van der Waals surface area (Å²) in [4.78, 5) is 16.0. The van der Waals surface area contributed by atoms with E-state index in [4.69, 9.17) is 18.0 Å². The highest BCUT2D eigenvalue weighted by Gasteiger charge is 2.19. The Morgan fingerprint density at radius 2 is 2.38 bits per heavy atom. The van der Waals surface area contributed by atoms with Gasteiger partial charge in [0.15, 0.2) is 0 Å². The number of pyridine rings is 1. The van der Waals surface area contributed by atoms with E-state index in [9.17, 15) is 4.79 Å². The average molecular weight is 237 g/mol. The average Bonchev–Trinajstić information content (AvgIpc) is 2.22. The van der Waals surface area contributed by atoms with E-state index in [-0.39, 0.29) is 10.9 Å². The smallest absolute Gasteiger partial charge is 0.234 e. The van der Waals surface area contributed by atoms with Crippen molar-refractivity contribution in [2.75, 3.05) is 5.32 Å². The number of anilines is 1. The monoisotopic (exact) mass is 237 g/mol. The Balaban J connectivity index is 2.78. The lowest BCUT2D eigenvalue weighted by Gasteiger charge is -2.14. The summed E-state index contributed by atoms with van der Waals surface area (Å²) in [5, 5.41) is 2.80. The maximum atomic E-state index is 11.8. The van der Waals surface area contributed by atoms with Crippen molar-refractivity contribution in [1.29, 1.82) is 0 Å². The van der Waals surface area contributed by atoms with E-state index in [1.165, 1.54) is 0 Å². The predicted molar refractivity (Wildman–Crippen MR) is 68.2 cm³/mol. The zero-order valence-electron chi connectivity index (χ0n) is 9.36. The van der Waals surface area contributed by atoms with Crippen molar-refractivity contribution in [3.8, 4) is 0 Å². The first-order chi connectivity index (χ1) is 7.56. The van der Waals surface area contributed by atoms with E-state index in [0.29, 0.717) is 6.42 Å². The molecule has 0 aliphatic heterocycles. The highest BCUT2D eigenvalue weighted by atomic mass is 32.1. The second kappa shape index (κ2) is 5.55. The number of nitrogens with zero attached hydrogens (tertiary/aromatic N) is 1. The fourth-order valence-corrected chi connectivity index (χ4v) is 1.62. The van der Waals surface area contributed by atoms with Crippen LogP contribution in [0.5, 0.6) is 0 Å². The van der Waals surface area contributed by atoms with E-state index in [0.717, 1.165) is 11.3 Å². The molecule has 86 valence electrons. The third-order valence-electron chi connectivity index (χ3n) is 2.35. The number of nitrogens with one attached hydrogen (secondary N) is 1. The second-order valence-electron chi connectivity index (χ2n) is 3.54. The van der Waals surface area contributed by atoms with Gasteiger partial charge < -0.3 is 11.1 Å². The Bertz CT molecular complexity index is 406. The van der Waals surface area contributed by atoms with E-state index >= 15 is 0 Å². The molecule has 0 fully saturated rings. The normalized spacial score (nSPS) is 11.9. The molecule has 1 rings (SSSR count). The number of aryl methyl sites for hydroxylation is 1. The first-order valence-electron chi connectivity index (χ1n) is 5.07. The second-order valence-corrected chi connectivity index (χ2v) is 4.01. The van der Waals surface area contributed by atoms with Crippen LogP contribution in [0, 0.1) is 12.8 Å². The van der Waals surface area contributed by atoms with Gasteiger partial charge in [0.1, 0.15) is 0 Å². The number of rotatable bonds is 4. The predicted octanol–water partition coefficient (Wildman–Crippen LogP) is 1.64. The van der Waals surface area contributed by atoms with Crippen molar-refractivity contribution in [2.45, 2.75) is 20.3 Å². The first kappa shape index (κ1) is 12.6. The molecule has 0 radical (unpaired) electrons. The van der Waals surface area contributed by atoms with Crippen LogP contribution in [0.2, 0.25) is 0 Å². The Kier molecular flexibility index (Phi) is 4.37. The number of aromatic nitrogens is 1. The summed E-state index contributed by atoms with van der Waals surface area (Å²) in [7, 11) is 0. The number of nitrogens with two attached hydrogens (primary N) is 1. The lowest BCUT2D eigenvalue weighted by Crippen LogP contribution is -2.32. The van der Waals surface area contributed by atoms with Crippen LogP contribution < -0.4 is 11.1 Å². The van der Waals surface area contributed by atoms with Gasteiger partial charge in [-0.05, 0) is 25.0 Å². The number of carbonyl (C=O) groups is 1. The molecule has 0 bridgehead atoms. The van der Waals surface area contributed by atoms with Gasteiger partial charge in [0, 0.05) is 18.1 Å². The molecule has 0 aliphatic carbocycles. The van der Waals surface area contributed by atoms with Gasteiger partial charge in [0.2, 0.25) is 5.91 Å². The summed E-state index contributed by atoms with van der Waals surface area (Å²) in [5.74, 6) is -0.577. The minimum atomic E-state index is -0.414. The standard InChI is InChI=1S/C11H15N3OS/c1-3-8(10(12)16)11(15)14-9-4-5-13-6-7(9)2/h4-6,8H,3H2,1-2H3,(H2,12,16)(H,13,14,15). The molecule has 1 aromatic heterocycles. The molecule has 1 heterocycles. The number of amides is 1. The van der Waals surface area contributed by atoms with E-state index in [1.54, 1.807) is 18.5 Å². The molecule has 5 heteroatoms. The molecule has 4 nitrogen and oxygen atoms in total. The Morgan fingerprint density at radius 1 is 1.69 bits per heavy atom. The molecule has 1 amide bonds. The number of hydrogen-bond donors (Lipinski definition) is 2. The van der Waals surface area contributed by atoms with E-state index in [2.05, 4.69) is 10.3 Å². The van der Waals surface area contributed by atoms with Crippen LogP contribution in [0.1, 0.15) is 18.9 Å². The Morgan fingerprint density at radius 3 is 2.88 bits per heavy atom. The molecule has 0 spiro atoms. The highest BCUT2D eigenvalue weighted by Crippen LogP contribution is 2.14. The van der Waals surface area contributed by atoms with Crippen molar-refractivity contribution in [3.63, 3.8) is 0 Å². The zero-order valence-corrected chi connectivity index (χ0v) is 10.2. The fourth-order valence-electron chi connectivity index (χ4n) is 1.35. The maximum Gasteiger partial charge on any atom is 0.234 e. The first-order valence-corrected chi connectivity index (χ1v) is 5.47. The number of thiocarbonyl (C=S) groups is 1. The molecule has 0 aliphatic rings. The topological polar surface area (TPSA) is 68.0 Å². The van der Waals surface area contributed by atoms with E-state index < -0.39 is 5.92 Å². The maximum absolute atomic E-state index is 11.8. The lowest BCUT2D eigenvalue weighted by atomic mass is 10.1. The van der Waals surface area contributed by atoms with Gasteiger partial charge >= 0.3 is 0 Å². The molecule has 16 heavy (non-hydrogen) atoms. The molecular formula is C11H15N3OS. The molecular weight excluding hydrogens is 222 g/mol. The van der Waals surface area contributed by atoms with Crippen molar-refractivity contribution in [1.82, 2.24) is 4.98 Å². The van der Waals surface area contributed by atoms with Crippen molar-refractivity contribution < 1.29 is 4.79 Å². The molecule has 3 N–H and O–H groups in total. The SMILES string of the molecule is CCC(C(=O)Nc1ccncc1C)C(N)=S. The molecule has 0 saturated carbocycles. The van der Waals surface area contributed by atoms with Crippen molar-refractivity contribution in [2.24, 2.45) is 11.7 Å². The summed E-state index contributed by atoms with van der Waals surface area (Å²) in [5.41, 5.74) is 7.15. The van der Waals surface area contributed by atoms with Crippen molar-refractivity contribution >= 4 is 28.8 Å². The van der Waals surface area contributed by atoms with Crippen molar-refractivity contribution in [3.05, 3.63) is 24.0 Å². The van der Waals surface area contributed by atoms with Crippen LogP contribution in [0.4, 0.5) is 5.69 Å². The largest absolute Gasteiger partial charge is 0.393 e. The minimum absolute atomic E-state index is 0.163. The minimum Gasteiger partial charge on any atom is -0.393 e. The van der Waals surface area contributed by atoms with Gasteiger partial charge in [0.25, 0.3) is 0 Å². The van der Waals surface area contributed by atoms with Gasteiger partial charge in [0.05, 0.1) is 10.9 Å². The Hall–Kier alpha value is -1.49. The highest BCUT2D eigenvalue weighted by molar-refractivity contribution is 7.80. The van der Waals surface area contributed by atoms with Gasteiger partial charge in [-0.15, -0.1) is 0 Å². The van der Waals surface area contributed by atoms with Crippen LogP contribution in [0.25, 0.3) is 0 Å². The summed E-state index contributed by atoms with van der Waals surface area (Å²) < 4.78 is 0. The summed E-state index contributed by atoms with van der Waals surface area (Å²) in [6, 6.07) is 1.75. The van der Waals surface area contributed by atoms with Crippen LogP contribution in [0.15, 0.2) is 18.5 Å². The van der Waals surface area contributed by atoms with Crippen LogP contribution in [-0.4, -0.2) is 15.9 Å². The van der Waals surface area contributed by atoms with Gasteiger partial charge in [-0.25, -0.2) is 0 Å². The molecule has 0 aromatic carbocycles. The summed E-state index contributed by atoms with van der Waals surface area (Å²) in [6.45, 7) is 3.76. The van der Waals surface area contributed by atoms with E-state index in [1.807, 2.05) is 13.8 Å². The van der Waals surface area contributed by atoms with Gasteiger partial charge in [-0.2, -0.15) is 0 Å². The third-order valence-corrected chi connectivity index (χ3v) is 2.63. The molecule has 1 unspecified atom stereocenters. The summed E-state index contributed by atoms with van der Waals surface area (Å²) >= 11 is 4.85. The third kappa shape index (κ3) is 3.00. The van der Waals surface area contributed by atoms with Crippen LogP contribution >= 0.6 is 12.2 Å². The van der Waals surface area contributed by atoms with Crippen LogP contribution in [0.3, 0.4) is 0 Å². The molecule has 1 atom stereocenters. The van der Waals surface area contributed by atoms with Gasteiger partial charge in [-0.1, -0.05) is 19.1 Å². The Labute approximate surface area is 100 Å². The summed E-state index contributed by atoms with van der Waals surface area (Å²) in [6.07, 6.45) is 3.92. The number of hydrogen-bond acceptors (Lipinski definition) is 3. The molecule has 1 aromatic rings. The van der Waals surface area contributed by atoms with Crippen LogP contribution in [-0.2, 0) is 4.79 Å². The lowest BCUT2D eigenvalue weighted by molar-refractivity contribution is -0.118. The molecule has 0 saturated heterocycles. The van der Waals surface area contributed by atoms with Gasteiger partial charge in [-0.3, -0.25) is 9.78 Å². The quantitative estimate of drug-likeness (QED) is 0.781. The zero-order chi connectivity index (χ0) is 12.1. The fraction of sp³-hybridized carbons (Fsp3) is 0.364. The number of carbonyl (C=O) groups excluding carboxylic acids is 1.